The fraction of sp³-hybridized carbons (Fsp3) is 0.765. The largest absolute Gasteiger partial charge is 0.463 e. The Kier molecular flexibility index (Phi) is 11.1. The maximum atomic E-state index is 11.2. The van der Waals surface area contributed by atoms with Crippen molar-refractivity contribution in [2.75, 3.05) is 33.6 Å². The predicted molar refractivity (Wildman–Crippen MR) is 90.9 cm³/mol. The van der Waals surface area contributed by atoms with Crippen LogP contribution in [0, 0.1) is 0 Å². The van der Waals surface area contributed by atoms with Crippen LogP contribution in [0.2, 0.25) is 0 Å². The molecule has 0 aromatic rings. The van der Waals surface area contributed by atoms with Crippen molar-refractivity contribution in [2.24, 2.45) is 0 Å². The van der Waals surface area contributed by atoms with Crippen molar-refractivity contribution in [2.45, 2.75) is 52.1 Å². The van der Waals surface area contributed by atoms with E-state index in [0.29, 0.717) is 0 Å². The van der Waals surface area contributed by atoms with Crippen molar-refractivity contribution in [1.29, 1.82) is 0 Å². The highest BCUT2D eigenvalue weighted by atomic mass is 16.7. The Morgan fingerprint density at radius 2 is 1.41 bits per heavy atom. The van der Waals surface area contributed by atoms with Gasteiger partial charge in [0.15, 0.2) is 13.6 Å². The summed E-state index contributed by atoms with van der Waals surface area (Å²) in [5, 5.41) is 0. The summed E-state index contributed by atoms with van der Waals surface area (Å²) in [6.07, 6.45) is -3.54. The van der Waals surface area contributed by atoms with Gasteiger partial charge >= 0.3 is 23.9 Å². The van der Waals surface area contributed by atoms with E-state index >= 15 is 0 Å². The van der Waals surface area contributed by atoms with Crippen molar-refractivity contribution in [3.05, 3.63) is 0 Å². The number of hydrogen-bond donors (Lipinski definition) is 0. The molecule has 1 aliphatic heterocycles. The fourth-order valence-electron chi connectivity index (χ4n) is 2.31. The molecule has 12 nitrogen and oxygen atoms in total. The third kappa shape index (κ3) is 10.2. The number of esters is 4. The van der Waals surface area contributed by atoms with Crippen molar-refractivity contribution in [3.8, 4) is 0 Å². The predicted octanol–water partition coefficient (Wildman–Crippen LogP) is -0.334. The van der Waals surface area contributed by atoms with Crippen LogP contribution in [0.1, 0.15) is 27.7 Å². The number of ether oxygens (including phenoxy) is 8. The van der Waals surface area contributed by atoms with E-state index in [1.54, 1.807) is 0 Å². The molecule has 0 saturated carbocycles. The van der Waals surface area contributed by atoms with Crippen LogP contribution in [0.3, 0.4) is 0 Å². The quantitative estimate of drug-likeness (QED) is 0.244. The summed E-state index contributed by atoms with van der Waals surface area (Å²) in [6, 6.07) is 0. The highest BCUT2D eigenvalue weighted by molar-refractivity contribution is 5.66. The van der Waals surface area contributed by atoms with Crippen LogP contribution >= 0.6 is 0 Å². The van der Waals surface area contributed by atoms with E-state index in [1.807, 2.05) is 0 Å². The molecule has 1 rings (SSSR count). The molecule has 12 heteroatoms. The van der Waals surface area contributed by atoms with Gasteiger partial charge in [-0.2, -0.15) is 0 Å². The van der Waals surface area contributed by atoms with Crippen molar-refractivity contribution < 1.29 is 57.1 Å². The monoisotopic (exact) mass is 422 g/mol. The first kappa shape index (κ1) is 24.8. The summed E-state index contributed by atoms with van der Waals surface area (Å²) in [7, 11) is 0. The lowest BCUT2D eigenvalue weighted by Gasteiger charge is -2.40. The zero-order valence-corrected chi connectivity index (χ0v) is 16.7. The number of rotatable bonds is 11. The van der Waals surface area contributed by atoms with E-state index in [2.05, 4.69) is 0 Å². The molecular weight excluding hydrogens is 396 g/mol. The first-order valence-electron chi connectivity index (χ1n) is 8.70. The lowest BCUT2D eigenvalue weighted by atomic mass is 10.0. The van der Waals surface area contributed by atoms with Crippen LogP contribution in [0.4, 0.5) is 0 Å². The molecule has 0 bridgehead atoms. The summed E-state index contributed by atoms with van der Waals surface area (Å²) < 4.78 is 41.5. The molecular formula is C17H26O12. The molecule has 4 atom stereocenters. The molecule has 0 aromatic carbocycles. The van der Waals surface area contributed by atoms with Crippen LogP contribution in [0.15, 0.2) is 0 Å². The Labute approximate surface area is 167 Å². The minimum atomic E-state index is -0.930. The van der Waals surface area contributed by atoms with Gasteiger partial charge in [-0.05, 0) is 0 Å². The van der Waals surface area contributed by atoms with Crippen LogP contribution in [0.25, 0.3) is 0 Å². The summed E-state index contributed by atoms with van der Waals surface area (Å²) in [6.45, 7) is 3.41. The first-order chi connectivity index (χ1) is 13.7. The van der Waals surface area contributed by atoms with E-state index < -0.39 is 61.9 Å². The van der Waals surface area contributed by atoms with Gasteiger partial charge in [0.1, 0.15) is 44.4 Å². The Hall–Kier alpha value is -2.28. The zero-order chi connectivity index (χ0) is 21.8. The minimum Gasteiger partial charge on any atom is -0.463 e. The SMILES string of the molecule is CC(=O)OCO[C@H]1[C@@H]([C@@H](COC(C)=O)OCOC(C)=O)OCO[C@H]1COC(C)=O. The van der Waals surface area contributed by atoms with Gasteiger partial charge in [0, 0.05) is 27.7 Å². The molecule has 0 N–H and O–H groups in total. The average Bonchev–Trinajstić information content (AvgIpc) is 2.62. The van der Waals surface area contributed by atoms with Crippen LogP contribution in [0.5, 0.6) is 0 Å². The van der Waals surface area contributed by atoms with Gasteiger partial charge in [0.2, 0.25) is 0 Å². The Bertz CT molecular complexity index is 563. The smallest absolute Gasteiger partial charge is 0.304 e. The average molecular weight is 422 g/mol. The van der Waals surface area contributed by atoms with Gasteiger partial charge in [0.05, 0.1) is 0 Å². The van der Waals surface area contributed by atoms with E-state index in [-0.39, 0.29) is 20.0 Å². The van der Waals surface area contributed by atoms with Crippen LogP contribution in [-0.2, 0) is 57.1 Å². The van der Waals surface area contributed by atoms with Gasteiger partial charge in [-0.25, -0.2) is 0 Å². The molecule has 0 aromatic heterocycles. The summed E-state index contributed by atoms with van der Waals surface area (Å²) in [4.78, 5) is 44.3. The topological polar surface area (TPSA) is 142 Å². The second-order valence-electron chi connectivity index (χ2n) is 5.90. The van der Waals surface area contributed by atoms with Crippen LogP contribution < -0.4 is 0 Å². The molecule has 0 amide bonds. The van der Waals surface area contributed by atoms with Crippen molar-refractivity contribution in [3.63, 3.8) is 0 Å². The highest BCUT2D eigenvalue weighted by Gasteiger charge is 2.42. The Balaban J connectivity index is 2.92. The van der Waals surface area contributed by atoms with E-state index in [9.17, 15) is 19.2 Å². The second kappa shape index (κ2) is 13.0. The third-order valence-corrected chi connectivity index (χ3v) is 3.57. The fourth-order valence-corrected chi connectivity index (χ4v) is 2.31. The third-order valence-electron chi connectivity index (χ3n) is 3.57. The van der Waals surface area contributed by atoms with E-state index in [0.717, 1.165) is 0 Å². The normalized spacial score (nSPS) is 22.3. The molecule has 0 radical (unpaired) electrons. The van der Waals surface area contributed by atoms with Gasteiger partial charge in [-0.3, -0.25) is 19.2 Å². The van der Waals surface area contributed by atoms with Crippen LogP contribution in [-0.4, -0.2) is 81.9 Å². The molecule has 0 aliphatic carbocycles. The molecule has 29 heavy (non-hydrogen) atoms. The number of carbonyl (C=O) groups excluding carboxylic acids is 4. The number of hydrogen-bond acceptors (Lipinski definition) is 12. The van der Waals surface area contributed by atoms with E-state index in [1.165, 1.54) is 27.7 Å². The molecule has 166 valence electrons. The molecule has 0 spiro atoms. The molecule has 1 fully saturated rings. The highest BCUT2D eigenvalue weighted by Crippen LogP contribution is 2.23. The zero-order valence-electron chi connectivity index (χ0n) is 16.7. The minimum absolute atomic E-state index is 0.163. The number of carbonyl (C=O) groups is 4. The molecule has 1 saturated heterocycles. The maximum Gasteiger partial charge on any atom is 0.304 e. The molecule has 0 unspecified atom stereocenters. The van der Waals surface area contributed by atoms with Gasteiger partial charge in [0.25, 0.3) is 0 Å². The van der Waals surface area contributed by atoms with Crippen molar-refractivity contribution >= 4 is 23.9 Å². The summed E-state index contributed by atoms with van der Waals surface area (Å²) >= 11 is 0. The van der Waals surface area contributed by atoms with E-state index in [4.69, 9.17) is 37.9 Å². The van der Waals surface area contributed by atoms with Gasteiger partial charge in [-0.1, -0.05) is 0 Å². The summed E-state index contributed by atoms with van der Waals surface area (Å²) in [5.41, 5.74) is 0. The lowest BCUT2D eigenvalue weighted by Crippen LogP contribution is -2.56. The molecule has 1 aliphatic rings. The maximum absolute atomic E-state index is 11.2. The Morgan fingerprint density at radius 1 is 0.828 bits per heavy atom. The second-order valence-corrected chi connectivity index (χ2v) is 5.90. The van der Waals surface area contributed by atoms with Gasteiger partial charge < -0.3 is 37.9 Å². The first-order valence-corrected chi connectivity index (χ1v) is 8.70. The summed E-state index contributed by atoms with van der Waals surface area (Å²) in [5.74, 6) is -2.23. The molecule has 1 heterocycles. The Morgan fingerprint density at radius 3 is 2.00 bits per heavy atom. The van der Waals surface area contributed by atoms with Crippen molar-refractivity contribution in [1.82, 2.24) is 0 Å². The lowest BCUT2D eigenvalue weighted by molar-refractivity contribution is -0.291. The standard InChI is InChI=1S/C17H26O12/c1-10(18)22-5-14(26-7-24-12(3)20)17-16(28-8-25-13(4)21)15(27-9-29-17)6-23-11(2)19/h14-17H,5-9H2,1-4H3/t14-,15+,16-,17-/m1/s1. The van der Waals surface area contributed by atoms with Gasteiger partial charge in [-0.15, -0.1) is 0 Å².